The van der Waals surface area contributed by atoms with Gasteiger partial charge in [-0.3, -0.25) is 0 Å². The second kappa shape index (κ2) is 3.05. The second-order valence-corrected chi connectivity index (χ2v) is 2.20. The second-order valence-electron chi connectivity index (χ2n) is 2.20. The number of rotatable bonds is 2. The van der Waals surface area contributed by atoms with E-state index in [0.29, 0.717) is 5.82 Å². The van der Waals surface area contributed by atoms with E-state index < -0.39 is 6.03 Å². The lowest BCUT2D eigenvalue weighted by atomic mass is 10.3. The van der Waals surface area contributed by atoms with Crippen LogP contribution >= 0.6 is 0 Å². The summed E-state index contributed by atoms with van der Waals surface area (Å²) < 4.78 is 0. The summed E-state index contributed by atoms with van der Waals surface area (Å²) in [7, 11) is 0. The van der Waals surface area contributed by atoms with Crippen molar-refractivity contribution in [1.29, 1.82) is 0 Å². The lowest BCUT2D eigenvalue weighted by Crippen LogP contribution is -2.32. The zero-order chi connectivity index (χ0) is 8.27. The molecule has 0 aliphatic heterocycles. The number of H-pyrrole nitrogens is 1. The number of carbonyl (C=O) groups excluding carboxylic acids is 1. The maximum atomic E-state index is 10.4. The number of imidazole rings is 1. The predicted octanol–water partition coefficient (Wildman–Crippen LogP) is 0.139. The molecule has 0 aliphatic rings. The fourth-order valence-electron chi connectivity index (χ4n) is 0.796. The van der Waals surface area contributed by atoms with Crippen LogP contribution in [0.15, 0.2) is 12.4 Å². The van der Waals surface area contributed by atoms with E-state index in [2.05, 4.69) is 15.3 Å². The van der Waals surface area contributed by atoms with E-state index in [1.54, 1.807) is 19.3 Å². The zero-order valence-corrected chi connectivity index (χ0v) is 6.16. The first-order valence-corrected chi connectivity index (χ1v) is 3.25. The topological polar surface area (TPSA) is 83.8 Å². The number of hydrogen-bond acceptors (Lipinski definition) is 2. The van der Waals surface area contributed by atoms with Gasteiger partial charge in [0.1, 0.15) is 5.82 Å². The Morgan fingerprint density at radius 3 is 3.09 bits per heavy atom. The smallest absolute Gasteiger partial charge is 0.312 e. The van der Waals surface area contributed by atoms with Crippen LogP contribution in [0.25, 0.3) is 0 Å². The molecule has 0 aromatic carbocycles. The van der Waals surface area contributed by atoms with E-state index in [1.807, 2.05) is 0 Å². The van der Waals surface area contributed by atoms with Gasteiger partial charge < -0.3 is 16.0 Å². The van der Waals surface area contributed by atoms with Crippen molar-refractivity contribution >= 4 is 6.03 Å². The third kappa shape index (κ3) is 1.96. The van der Waals surface area contributed by atoms with Gasteiger partial charge in [0.15, 0.2) is 0 Å². The minimum atomic E-state index is -0.547. The van der Waals surface area contributed by atoms with Crippen molar-refractivity contribution in [2.24, 2.45) is 5.73 Å². The number of amides is 2. The highest BCUT2D eigenvalue weighted by Crippen LogP contribution is 2.03. The van der Waals surface area contributed by atoms with Crippen LogP contribution in [-0.4, -0.2) is 16.0 Å². The van der Waals surface area contributed by atoms with Crippen LogP contribution in [0.5, 0.6) is 0 Å². The van der Waals surface area contributed by atoms with Gasteiger partial charge in [-0.1, -0.05) is 0 Å². The van der Waals surface area contributed by atoms with Crippen LogP contribution in [0.2, 0.25) is 0 Å². The molecule has 0 saturated heterocycles. The fourth-order valence-corrected chi connectivity index (χ4v) is 0.796. The molecule has 5 heteroatoms. The summed E-state index contributed by atoms with van der Waals surface area (Å²) in [4.78, 5) is 17.2. The SMILES string of the molecule is CC(NC(N)=O)c1ncc[nH]1. The first kappa shape index (κ1) is 7.59. The summed E-state index contributed by atoms with van der Waals surface area (Å²) in [6, 6.07) is -0.712. The fraction of sp³-hybridized carbons (Fsp3) is 0.333. The molecule has 2 amide bonds. The lowest BCUT2D eigenvalue weighted by Gasteiger charge is -2.07. The van der Waals surface area contributed by atoms with Crippen LogP contribution < -0.4 is 11.1 Å². The quantitative estimate of drug-likeness (QED) is 0.566. The molecule has 1 aromatic heterocycles. The number of nitrogens with two attached hydrogens (primary N) is 1. The van der Waals surface area contributed by atoms with Crippen LogP contribution in [0.3, 0.4) is 0 Å². The van der Waals surface area contributed by atoms with Crippen molar-refractivity contribution in [1.82, 2.24) is 15.3 Å². The van der Waals surface area contributed by atoms with Gasteiger partial charge >= 0.3 is 6.03 Å². The Labute approximate surface area is 64.0 Å². The molecule has 1 atom stereocenters. The largest absolute Gasteiger partial charge is 0.352 e. The molecule has 4 N–H and O–H groups in total. The minimum Gasteiger partial charge on any atom is -0.352 e. The number of aromatic nitrogens is 2. The number of carbonyl (C=O) groups is 1. The number of aromatic amines is 1. The molecule has 0 spiro atoms. The molecule has 0 saturated carbocycles. The molecule has 60 valence electrons. The summed E-state index contributed by atoms with van der Waals surface area (Å²) in [5.74, 6) is 0.698. The molecule has 1 heterocycles. The normalized spacial score (nSPS) is 12.5. The standard InChI is InChI=1S/C6H10N4O/c1-4(10-6(7)11)5-8-2-3-9-5/h2-4H,1H3,(H,8,9)(H3,7,10,11). The molecule has 5 nitrogen and oxygen atoms in total. The first-order chi connectivity index (χ1) is 5.20. The monoisotopic (exact) mass is 154 g/mol. The van der Waals surface area contributed by atoms with Crippen LogP contribution in [0.1, 0.15) is 18.8 Å². The number of urea groups is 1. The summed E-state index contributed by atoms with van der Waals surface area (Å²) in [6.45, 7) is 1.80. The van der Waals surface area contributed by atoms with Crippen molar-refractivity contribution in [2.75, 3.05) is 0 Å². The molecule has 0 aliphatic carbocycles. The highest BCUT2D eigenvalue weighted by atomic mass is 16.2. The molecular weight excluding hydrogens is 144 g/mol. The molecule has 11 heavy (non-hydrogen) atoms. The van der Waals surface area contributed by atoms with Crippen molar-refractivity contribution in [3.8, 4) is 0 Å². The number of nitrogens with one attached hydrogen (secondary N) is 2. The molecule has 0 radical (unpaired) electrons. The highest BCUT2D eigenvalue weighted by Gasteiger charge is 2.07. The molecule has 1 aromatic rings. The summed E-state index contributed by atoms with van der Waals surface area (Å²) >= 11 is 0. The van der Waals surface area contributed by atoms with Gasteiger partial charge in [-0.2, -0.15) is 0 Å². The van der Waals surface area contributed by atoms with Crippen LogP contribution in [0.4, 0.5) is 4.79 Å². The maximum absolute atomic E-state index is 10.4. The van der Waals surface area contributed by atoms with E-state index in [1.165, 1.54) is 0 Å². The number of hydrogen-bond donors (Lipinski definition) is 3. The van der Waals surface area contributed by atoms with E-state index in [9.17, 15) is 4.79 Å². The van der Waals surface area contributed by atoms with Crippen molar-refractivity contribution in [2.45, 2.75) is 13.0 Å². The van der Waals surface area contributed by atoms with Gasteiger partial charge in [-0.05, 0) is 6.92 Å². The summed E-state index contributed by atoms with van der Waals surface area (Å²) in [6.07, 6.45) is 3.31. The Morgan fingerprint density at radius 2 is 2.64 bits per heavy atom. The first-order valence-electron chi connectivity index (χ1n) is 3.25. The van der Waals surface area contributed by atoms with Gasteiger partial charge in [-0.25, -0.2) is 9.78 Å². The number of nitrogens with zero attached hydrogens (tertiary/aromatic N) is 1. The van der Waals surface area contributed by atoms with Gasteiger partial charge in [0.25, 0.3) is 0 Å². The highest BCUT2D eigenvalue weighted by molar-refractivity contribution is 5.71. The predicted molar refractivity (Wildman–Crippen MR) is 39.7 cm³/mol. The van der Waals surface area contributed by atoms with Crippen LogP contribution in [-0.2, 0) is 0 Å². The Kier molecular flexibility index (Phi) is 2.10. The van der Waals surface area contributed by atoms with Crippen molar-refractivity contribution in [3.05, 3.63) is 18.2 Å². The van der Waals surface area contributed by atoms with Crippen LogP contribution in [0, 0.1) is 0 Å². The van der Waals surface area contributed by atoms with Gasteiger partial charge in [0.05, 0.1) is 6.04 Å². The van der Waals surface area contributed by atoms with E-state index in [4.69, 9.17) is 5.73 Å². The zero-order valence-electron chi connectivity index (χ0n) is 6.16. The van der Waals surface area contributed by atoms with Gasteiger partial charge in [0, 0.05) is 12.4 Å². The van der Waals surface area contributed by atoms with E-state index >= 15 is 0 Å². The van der Waals surface area contributed by atoms with Crippen molar-refractivity contribution < 1.29 is 4.79 Å². The Morgan fingerprint density at radius 1 is 1.91 bits per heavy atom. The summed E-state index contributed by atoms with van der Waals surface area (Å²) in [5, 5.41) is 2.49. The molecule has 0 fully saturated rings. The average molecular weight is 154 g/mol. The third-order valence-electron chi connectivity index (χ3n) is 1.29. The Hall–Kier alpha value is -1.52. The molecule has 1 unspecified atom stereocenters. The van der Waals surface area contributed by atoms with E-state index in [0.717, 1.165) is 0 Å². The van der Waals surface area contributed by atoms with Gasteiger partial charge in [-0.15, -0.1) is 0 Å². The Balaban J connectivity index is 2.56. The molecule has 0 bridgehead atoms. The Bertz CT molecular complexity index is 231. The molecule has 1 rings (SSSR count). The maximum Gasteiger partial charge on any atom is 0.312 e. The lowest BCUT2D eigenvalue weighted by molar-refractivity contribution is 0.245. The van der Waals surface area contributed by atoms with Gasteiger partial charge in [0.2, 0.25) is 0 Å². The molecular formula is C6H10N4O. The minimum absolute atomic E-state index is 0.164. The van der Waals surface area contributed by atoms with Crippen molar-refractivity contribution in [3.63, 3.8) is 0 Å². The summed E-state index contributed by atoms with van der Waals surface area (Å²) in [5.41, 5.74) is 4.91. The number of primary amides is 1. The van der Waals surface area contributed by atoms with E-state index in [-0.39, 0.29) is 6.04 Å². The third-order valence-corrected chi connectivity index (χ3v) is 1.29. The average Bonchev–Trinajstić information content (AvgIpc) is 2.35.